The fraction of sp³-hybridized carbons (Fsp3) is 0.265. The van der Waals surface area contributed by atoms with Gasteiger partial charge < -0.3 is 9.47 Å². The van der Waals surface area contributed by atoms with Crippen molar-refractivity contribution in [3.63, 3.8) is 0 Å². The third-order valence-corrected chi connectivity index (χ3v) is 6.41. The van der Waals surface area contributed by atoms with Gasteiger partial charge in [-0.15, -0.1) is 0 Å². The third kappa shape index (κ3) is 7.12. The first-order chi connectivity index (χ1) is 18.8. The lowest BCUT2D eigenvalue weighted by Gasteiger charge is -2.40. The van der Waals surface area contributed by atoms with E-state index in [0.717, 1.165) is 22.3 Å². The zero-order chi connectivity index (χ0) is 27.7. The molecular formula is C34H36FNO3. The third-order valence-electron chi connectivity index (χ3n) is 6.41. The van der Waals surface area contributed by atoms with Gasteiger partial charge in [0.2, 0.25) is 0 Å². The number of alkyl halides is 1. The second-order valence-corrected chi connectivity index (χ2v) is 10.5. The molecule has 0 radical (unpaired) electrons. The summed E-state index contributed by atoms with van der Waals surface area (Å²) in [6, 6.07) is 37.2. The zero-order valence-corrected chi connectivity index (χ0v) is 22.8. The first kappa shape index (κ1) is 28.1. The molecular weight excluding hydrogens is 489 g/mol. The van der Waals surface area contributed by atoms with E-state index in [1.807, 2.05) is 87.5 Å². The van der Waals surface area contributed by atoms with E-state index in [-0.39, 0.29) is 12.6 Å². The Kier molecular flexibility index (Phi) is 9.15. The van der Waals surface area contributed by atoms with Crippen LogP contribution in [0.5, 0.6) is 5.75 Å². The Morgan fingerprint density at radius 3 is 1.62 bits per heavy atom. The molecule has 4 aromatic rings. The van der Waals surface area contributed by atoms with Crippen LogP contribution in [0.2, 0.25) is 0 Å². The number of hydrogen-bond donors (Lipinski definition) is 1. The quantitative estimate of drug-likeness (QED) is 0.172. The molecule has 0 aromatic heterocycles. The summed E-state index contributed by atoms with van der Waals surface area (Å²) in [5.41, 5.74) is 2.45. The SMILES string of the molecule is CC(C)(C)OC(=O)[C@H](Cc1ccc(OCCF)cc1)NC(c1ccccc1)(c1ccccc1)c1ccccc1. The monoisotopic (exact) mass is 525 g/mol. The number of hydrogen-bond acceptors (Lipinski definition) is 4. The Bertz CT molecular complexity index is 1210. The Hall–Kier alpha value is -3.96. The van der Waals surface area contributed by atoms with Crippen molar-refractivity contribution in [1.29, 1.82) is 0 Å². The number of esters is 1. The molecule has 0 saturated heterocycles. The summed E-state index contributed by atoms with van der Waals surface area (Å²) in [5, 5.41) is 3.78. The van der Waals surface area contributed by atoms with Crippen molar-refractivity contribution < 1.29 is 18.7 Å². The molecule has 0 unspecified atom stereocenters. The molecule has 202 valence electrons. The molecule has 4 aromatic carbocycles. The minimum Gasteiger partial charge on any atom is -0.491 e. The van der Waals surface area contributed by atoms with Crippen LogP contribution in [0.25, 0.3) is 0 Å². The minimum atomic E-state index is -0.838. The summed E-state index contributed by atoms with van der Waals surface area (Å²) in [5.74, 6) is 0.248. The molecule has 0 heterocycles. The van der Waals surface area contributed by atoms with Crippen LogP contribution in [0.4, 0.5) is 4.39 Å². The highest BCUT2D eigenvalue weighted by Crippen LogP contribution is 2.37. The van der Waals surface area contributed by atoms with E-state index in [1.54, 1.807) is 12.1 Å². The number of ether oxygens (including phenoxy) is 2. The van der Waals surface area contributed by atoms with E-state index in [2.05, 4.69) is 41.7 Å². The van der Waals surface area contributed by atoms with Crippen LogP contribution in [0.15, 0.2) is 115 Å². The first-order valence-corrected chi connectivity index (χ1v) is 13.3. The second kappa shape index (κ2) is 12.7. The van der Waals surface area contributed by atoms with Crippen molar-refractivity contribution in [2.75, 3.05) is 13.3 Å². The molecule has 0 bridgehead atoms. The highest BCUT2D eigenvalue weighted by Gasteiger charge is 2.40. The molecule has 0 aliphatic heterocycles. The van der Waals surface area contributed by atoms with Crippen LogP contribution in [-0.4, -0.2) is 30.9 Å². The van der Waals surface area contributed by atoms with Gasteiger partial charge in [0.15, 0.2) is 0 Å². The maximum absolute atomic E-state index is 13.8. The lowest BCUT2D eigenvalue weighted by atomic mass is 9.76. The fourth-order valence-corrected chi connectivity index (χ4v) is 4.76. The lowest BCUT2D eigenvalue weighted by molar-refractivity contribution is -0.157. The van der Waals surface area contributed by atoms with Crippen LogP contribution in [0.1, 0.15) is 43.0 Å². The van der Waals surface area contributed by atoms with Gasteiger partial charge in [-0.1, -0.05) is 103 Å². The smallest absolute Gasteiger partial charge is 0.324 e. The highest BCUT2D eigenvalue weighted by atomic mass is 19.1. The maximum Gasteiger partial charge on any atom is 0.324 e. The van der Waals surface area contributed by atoms with Crippen molar-refractivity contribution in [2.24, 2.45) is 0 Å². The highest BCUT2D eigenvalue weighted by molar-refractivity contribution is 5.77. The van der Waals surface area contributed by atoms with Gasteiger partial charge in [-0.3, -0.25) is 10.1 Å². The average Bonchev–Trinajstić information content (AvgIpc) is 2.95. The van der Waals surface area contributed by atoms with Gasteiger partial charge in [-0.25, -0.2) is 4.39 Å². The van der Waals surface area contributed by atoms with Crippen LogP contribution >= 0.6 is 0 Å². The van der Waals surface area contributed by atoms with E-state index in [4.69, 9.17) is 9.47 Å². The van der Waals surface area contributed by atoms with E-state index in [0.29, 0.717) is 12.2 Å². The normalized spacial score (nSPS) is 12.5. The van der Waals surface area contributed by atoms with Crippen LogP contribution in [0, 0.1) is 0 Å². The van der Waals surface area contributed by atoms with Crippen molar-refractivity contribution in [3.8, 4) is 5.75 Å². The van der Waals surface area contributed by atoms with Gasteiger partial charge in [0.05, 0.1) is 5.54 Å². The lowest BCUT2D eigenvalue weighted by Crippen LogP contribution is -2.54. The molecule has 1 N–H and O–H groups in total. The predicted molar refractivity (Wildman–Crippen MR) is 154 cm³/mol. The summed E-state index contributed by atoms with van der Waals surface area (Å²) in [7, 11) is 0. The molecule has 0 saturated carbocycles. The fourth-order valence-electron chi connectivity index (χ4n) is 4.76. The van der Waals surface area contributed by atoms with Gasteiger partial charge in [0.1, 0.15) is 30.7 Å². The predicted octanol–water partition coefficient (Wildman–Crippen LogP) is 6.87. The van der Waals surface area contributed by atoms with Crippen LogP contribution < -0.4 is 10.1 Å². The zero-order valence-electron chi connectivity index (χ0n) is 22.8. The largest absolute Gasteiger partial charge is 0.491 e. The number of benzene rings is 4. The molecule has 39 heavy (non-hydrogen) atoms. The van der Waals surface area contributed by atoms with Gasteiger partial charge >= 0.3 is 5.97 Å². The minimum absolute atomic E-state index is 0.00911. The maximum atomic E-state index is 13.8. The Morgan fingerprint density at radius 2 is 1.21 bits per heavy atom. The summed E-state index contributed by atoms with van der Waals surface area (Å²) in [4.78, 5) is 13.8. The van der Waals surface area contributed by atoms with Crippen molar-refractivity contribution in [1.82, 2.24) is 5.32 Å². The molecule has 0 aliphatic carbocycles. The molecule has 5 heteroatoms. The van der Waals surface area contributed by atoms with Gasteiger partial charge in [-0.2, -0.15) is 0 Å². The van der Waals surface area contributed by atoms with E-state index >= 15 is 0 Å². The molecule has 4 rings (SSSR count). The summed E-state index contributed by atoms with van der Waals surface area (Å²) in [6.07, 6.45) is 0.382. The Labute approximate surface area is 230 Å². The molecule has 0 aliphatic rings. The van der Waals surface area contributed by atoms with Crippen molar-refractivity contribution >= 4 is 5.97 Å². The van der Waals surface area contributed by atoms with E-state index < -0.39 is 23.9 Å². The number of nitrogens with one attached hydrogen (secondary N) is 1. The molecule has 0 spiro atoms. The van der Waals surface area contributed by atoms with Crippen molar-refractivity contribution in [3.05, 3.63) is 138 Å². The summed E-state index contributed by atoms with van der Waals surface area (Å²) in [6.45, 7) is 5.08. The number of carbonyl (C=O) groups excluding carboxylic acids is 1. The van der Waals surface area contributed by atoms with E-state index in [1.165, 1.54) is 0 Å². The molecule has 0 fully saturated rings. The topological polar surface area (TPSA) is 47.6 Å². The van der Waals surface area contributed by atoms with Crippen LogP contribution in [0.3, 0.4) is 0 Å². The first-order valence-electron chi connectivity index (χ1n) is 13.3. The second-order valence-electron chi connectivity index (χ2n) is 10.5. The number of halogens is 1. The van der Waals surface area contributed by atoms with Gasteiger partial charge in [0.25, 0.3) is 0 Å². The Morgan fingerprint density at radius 1 is 0.744 bits per heavy atom. The van der Waals surface area contributed by atoms with Crippen molar-refractivity contribution in [2.45, 2.75) is 44.4 Å². The molecule has 1 atom stereocenters. The summed E-state index contributed by atoms with van der Waals surface area (Å²) < 4.78 is 23.9. The Balaban J connectivity index is 1.82. The number of carbonyl (C=O) groups is 1. The molecule has 4 nitrogen and oxygen atoms in total. The number of rotatable bonds is 11. The van der Waals surface area contributed by atoms with Crippen LogP contribution in [-0.2, 0) is 21.5 Å². The molecule has 0 amide bonds. The van der Waals surface area contributed by atoms with E-state index in [9.17, 15) is 9.18 Å². The summed E-state index contributed by atoms with van der Waals surface area (Å²) >= 11 is 0. The van der Waals surface area contributed by atoms with Gasteiger partial charge in [0, 0.05) is 0 Å². The standard InChI is InChI=1S/C34H36FNO3/c1-33(2,3)39-32(37)31(25-26-19-21-30(22-20-26)38-24-23-35)36-34(27-13-7-4-8-14-27,28-15-9-5-10-16-28)29-17-11-6-12-18-29/h4-22,31,36H,23-25H2,1-3H3/t31-/m0/s1. The average molecular weight is 526 g/mol. The van der Waals surface area contributed by atoms with Gasteiger partial charge in [-0.05, 0) is 61.6 Å².